The summed E-state index contributed by atoms with van der Waals surface area (Å²) in [4.78, 5) is 11.9. The molecule has 0 rings (SSSR count). The van der Waals surface area contributed by atoms with E-state index in [9.17, 15) is 9.46 Å². The second-order valence-corrected chi connectivity index (χ2v) is 13.4. The lowest BCUT2D eigenvalue weighted by Crippen LogP contribution is -2.10. The van der Waals surface area contributed by atoms with Crippen molar-refractivity contribution >= 4 is 7.82 Å². The zero-order valence-corrected chi connectivity index (χ0v) is 27.6. The van der Waals surface area contributed by atoms with Crippen molar-refractivity contribution in [2.45, 2.75) is 206 Å². The van der Waals surface area contributed by atoms with Crippen molar-refractivity contribution in [3.8, 4) is 0 Å². The molecule has 0 amide bonds. The first-order valence-corrected chi connectivity index (χ1v) is 19.2. The molecular weight excluding hydrogens is 503 g/mol. The van der Waals surface area contributed by atoms with Crippen LogP contribution in [0.5, 0.6) is 0 Å². The highest BCUT2D eigenvalue weighted by Crippen LogP contribution is 2.38. The second-order valence-electron chi connectivity index (χ2n) is 12.0. The summed E-state index contributed by atoms with van der Waals surface area (Å²) in [5.41, 5.74) is 0. The van der Waals surface area contributed by atoms with E-state index in [-0.39, 0.29) is 13.2 Å². The van der Waals surface area contributed by atoms with Crippen molar-refractivity contribution in [3.63, 3.8) is 0 Å². The number of hydrogen-bond donors (Lipinski definition) is 0. The van der Waals surface area contributed by atoms with E-state index in [0.717, 1.165) is 25.7 Å². The van der Waals surface area contributed by atoms with Crippen LogP contribution in [0.25, 0.3) is 0 Å². The third-order valence-electron chi connectivity index (χ3n) is 7.99. The van der Waals surface area contributed by atoms with E-state index >= 15 is 0 Å². The summed E-state index contributed by atoms with van der Waals surface area (Å²) in [7, 11) is -4.11. The average molecular weight is 574 g/mol. The molecule has 0 bridgehead atoms. The Labute approximate surface area is 245 Å². The van der Waals surface area contributed by atoms with E-state index in [1.54, 1.807) is 0 Å². The Morgan fingerprint density at radius 3 is 0.744 bits per heavy atom. The van der Waals surface area contributed by atoms with Crippen LogP contribution in [0, 0.1) is 0 Å². The van der Waals surface area contributed by atoms with Crippen LogP contribution >= 0.6 is 7.82 Å². The highest BCUT2D eigenvalue weighted by Gasteiger charge is 2.08. The van der Waals surface area contributed by atoms with Crippen LogP contribution in [-0.4, -0.2) is 13.2 Å². The van der Waals surface area contributed by atoms with Gasteiger partial charge >= 0.3 is 0 Å². The molecule has 1 atom stereocenters. The Kier molecular flexibility index (Phi) is 32.7. The Balaban J connectivity index is 3.24. The van der Waals surface area contributed by atoms with Gasteiger partial charge < -0.3 is 13.9 Å². The first kappa shape index (κ1) is 39.1. The maximum atomic E-state index is 11.9. The Hall–Kier alpha value is 0.110. The number of phosphoric ester groups is 1. The van der Waals surface area contributed by atoms with Gasteiger partial charge in [0.15, 0.2) is 0 Å². The molecule has 1 unspecified atom stereocenters. The van der Waals surface area contributed by atoms with Crippen molar-refractivity contribution < 1.29 is 18.5 Å². The van der Waals surface area contributed by atoms with Crippen LogP contribution in [0.3, 0.4) is 0 Å². The molecule has 0 saturated carbocycles. The SMILES string of the molecule is CCCCCCCCCCCCCCCCCCCCCCOP(=O)([O-])OCCCCCCCCCCCC. The van der Waals surface area contributed by atoms with Crippen molar-refractivity contribution in [3.05, 3.63) is 0 Å². The summed E-state index contributed by atoms with van der Waals surface area (Å²) in [6, 6.07) is 0. The van der Waals surface area contributed by atoms with Gasteiger partial charge in [-0.2, -0.15) is 0 Å². The van der Waals surface area contributed by atoms with Crippen molar-refractivity contribution in [1.82, 2.24) is 0 Å². The summed E-state index contributed by atoms with van der Waals surface area (Å²) >= 11 is 0. The van der Waals surface area contributed by atoms with E-state index in [4.69, 9.17) is 9.05 Å². The fraction of sp³-hybridized carbons (Fsp3) is 1.00. The minimum Gasteiger partial charge on any atom is -0.756 e. The predicted octanol–water partition coefficient (Wildman–Crippen LogP) is 12.2. The van der Waals surface area contributed by atoms with E-state index in [0.29, 0.717) is 0 Å². The van der Waals surface area contributed by atoms with Crippen LogP contribution in [0.15, 0.2) is 0 Å². The fourth-order valence-electron chi connectivity index (χ4n) is 5.34. The normalized spacial score (nSPS) is 13.2. The molecule has 5 heteroatoms. The zero-order chi connectivity index (χ0) is 28.5. The molecule has 236 valence electrons. The lowest BCUT2D eigenvalue weighted by atomic mass is 10.0. The van der Waals surface area contributed by atoms with Crippen LogP contribution in [0.1, 0.15) is 206 Å². The minimum absolute atomic E-state index is 0.260. The topological polar surface area (TPSA) is 58.6 Å². The largest absolute Gasteiger partial charge is 0.756 e. The molecule has 0 aliphatic carbocycles. The monoisotopic (exact) mass is 574 g/mol. The maximum absolute atomic E-state index is 11.9. The maximum Gasteiger partial charge on any atom is 0.267 e. The smallest absolute Gasteiger partial charge is 0.267 e. The third kappa shape index (κ3) is 34.2. The zero-order valence-electron chi connectivity index (χ0n) is 26.7. The average Bonchev–Trinajstić information content (AvgIpc) is 2.92. The highest BCUT2D eigenvalue weighted by molar-refractivity contribution is 7.45. The molecule has 0 aliphatic rings. The lowest BCUT2D eigenvalue weighted by molar-refractivity contribution is -0.225. The Morgan fingerprint density at radius 2 is 0.538 bits per heavy atom. The molecule has 39 heavy (non-hydrogen) atoms. The number of phosphoric acid groups is 1. The van der Waals surface area contributed by atoms with Crippen LogP contribution < -0.4 is 4.89 Å². The Morgan fingerprint density at radius 1 is 0.359 bits per heavy atom. The highest BCUT2D eigenvalue weighted by atomic mass is 31.2. The van der Waals surface area contributed by atoms with Gasteiger partial charge in [-0.25, -0.2) is 0 Å². The van der Waals surface area contributed by atoms with Crippen molar-refractivity contribution in [2.24, 2.45) is 0 Å². The van der Waals surface area contributed by atoms with E-state index < -0.39 is 7.82 Å². The van der Waals surface area contributed by atoms with E-state index in [1.165, 1.54) is 167 Å². The molecule has 0 N–H and O–H groups in total. The fourth-order valence-corrected chi connectivity index (χ4v) is 6.12. The number of hydrogen-bond acceptors (Lipinski definition) is 4. The van der Waals surface area contributed by atoms with Gasteiger partial charge in [0, 0.05) is 0 Å². The summed E-state index contributed by atoms with van der Waals surface area (Å²) in [5, 5.41) is 0. The molecule has 0 heterocycles. The number of unbranched alkanes of at least 4 members (excludes halogenated alkanes) is 28. The van der Waals surface area contributed by atoms with E-state index in [2.05, 4.69) is 13.8 Å². The lowest BCUT2D eigenvalue weighted by Gasteiger charge is -2.22. The molecule has 0 aromatic heterocycles. The van der Waals surface area contributed by atoms with E-state index in [1.807, 2.05) is 0 Å². The molecule has 0 saturated heterocycles. The third-order valence-corrected chi connectivity index (χ3v) is 8.99. The van der Waals surface area contributed by atoms with Gasteiger partial charge in [0.2, 0.25) is 0 Å². The van der Waals surface area contributed by atoms with Crippen LogP contribution in [0.4, 0.5) is 0 Å². The first-order chi connectivity index (χ1) is 19.1. The van der Waals surface area contributed by atoms with Gasteiger partial charge in [0.1, 0.15) is 0 Å². The van der Waals surface area contributed by atoms with Crippen LogP contribution in [-0.2, 0) is 13.6 Å². The standard InChI is InChI=1S/C34H71O4P/c1-3-5-7-9-11-13-15-16-17-18-19-20-21-22-23-24-26-28-30-32-34-38-39(35,36)37-33-31-29-27-25-14-12-10-8-6-4-2/h3-34H2,1-2H3,(H,35,36)/p-1. The van der Waals surface area contributed by atoms with Gasteiger partial charge in [-0.05, 0) is 12.8 Å². The summed E-state index contributed by atoms with van der Waals surface area (Å²) in [6.45, 7) is 5.06. The molecule has 0 aromatic rings. The quantitative estimate of drug-likeness (QED) is 0.0567. The second kappa shape index (κ2) is 32.6. The molecule has 0 fully saturated rings. The van der Waals surface area contributed by atoms with Gasteiger partial charge in [-0.3, -0.25) is 4.57 Å². The number of rotatable bonds is 34. The molecule has 0 spiro atoms. The van der Waals surface area contributed by atoms with Gasteiger partial charge in [0.05, 0.1) is 13.2 Å². The van der Waals surface area contributed by atoms with Gasteiger partial charge in [-0.1, -0.05) is 194 Å². The predicted molar refractivity (Wildman–Crippen MR) is 169 cm³/mol. The van der Waals surface area contributed by atoms with Gasteiger partial charge in [-0.15, -0.1) is 0 Å². The molecule has 0 aliphatic heterocycles. The molecule has 0 aromatic carbocycles. The molecular formula is C34H70O4P-. The van der Waals surface area contributed by atoms with Crippen LogP contribution in [0.2, 0.25) is 0 Å². The van der Waals surface area contributed by atoms with Crippen molar-refractivity contribution in [2.75, 3.05) is 13.2 Å². The minimum atomic E-state index is -4.11. The summed E-state index contributed by atoms with van der Waals surface area (Å²) in [6.07, 6.45) is 39.1. The van der Waals surface area contributed by atoms with Crippen molar-refractivity contribution in [1.29, 1.82) is 0 Å². The first-order valence-electron chi connectivity index (χ1n) is 17.7. The molecule has 0 radical (unpaired) electrons. The van der Waals surface area contributed by atoms with Gasteiger partial charge in [0.25, 0.3) is 7.82 Å². The Bertz CT molecular complexity index is 500. The summed E-state index contributed by atoms with van der Waals surface area (Å²) in [5.74, 6) is 0. The summed E-state index contributed by atoms with van der Waals surface area (Å²) < 4.78 is 21.9. The molecule has 4 nitrogen and oxygen atoms in total.